The number of hydrogen-bond donors (Lipinski definition) is 2. The van der Waals surface area contributed by atoms with Crippen LogP contribution in [0, 0.1) is 10.5 Å². The number of para-hydroxylation sites is 1. The van der Waals surface area contributed by atoms with Crippen LogP contribution in [0.4, 0.5) is 11.4 Å². The molecule has 0 radical (unpaired) electrons. The molecule has 2 rings (SSSR count). The van der Waals surface area contributed by atoms with Crippen molar-refractivity contribution in [2.24, 2.45) is 0 Å². The largest absolute Gasteiger partial charge is 0.397 e. The lowest BCUT2D eigenvalue weighted by Crippen LogP contribution is -2.14. The summed E-state index contributed by atoms with van der Waals surface area (Å²) in [7, 11) is 0. The van der Waals surface area contributed by atoms with Crippen LogP contribution in [0.2, 0.25) is 0 Å². The molecule has 0 bridgehead atoms. The molecule has 3 nitrogen and oxygen atoms in total. The molecule has 0 atom stereocenters. The highest BCUT2D eigenvalue weighted by Gasteiger charge is 2.09. The molecule has 1 amide bonds. The minimum atomic E-state index is -0.144. The van der Waals surface area contributed by atoms with Crippen LogP contribution in [0.3, 0.4) is 0 Å². The Bertz CT molecular complexity index is 576. The molecule has 0 saturated heterocycles. The third-order valence-electron chi connectivity index (χ3n) is 2.63. The van der Waals surface area contributed by atoms with Crippen molar-refractivity contribution in [3.8, 4) is 0 Å². The van der Waals surface area contributed by atoms with Crippen molar-refractivity contribution >= 4 is 39.9 Å². The van der Waals surface area contributed by atoms with Gasteiger partial charge in [-0.1, -0.05) is 18.2 Å². The van der Waals surface area contributed by atoms with E-state index in [0.29, 0.717) is 16.9 Å². The lowest BCUT2D eigenvalue weighted by atomic mass is 10.1. The van der Waals surface area contributed by atoms with Gasteiger partial charge in [0, 0.05) is 9.13 Å². The number of aryl methyl sites for hydroxylation is 1. The monoisotopic (exact) mass is 352 g/mol. The summed E-state index contributed by atoms with van der Waals surface area (Å²) >= 11 is 2.18. The van der Waals surface area contributed by atoms with E-state index >= 15 is 0 Å². The minimum Gasteiger partial charge on any atom is -0.397 e. The number of benzene rings is 2. The summed E-state index contributed by atoms with van der Waals surface area (Å²) in [6, 6.07) is 13.0. The molecule has 18 heavy (non-hydrogen) atoms. The zero-order valence-electron chi connectivity index (χ0n) is 9.91. The van der Waals surface area contributed by atoms with E-state index in [4.69, 9.17) is 5.73 Å². The maximum atomic E-state index is 12.1. The highest BCUT2D eigenvalue weighted by molar-refractivity contribution is 14.1. The number of rotatable bonds is 2. The van der Waals surface area contributed by atoms with Gasteiger partial charge in [-0.05, 0) is 59.3 Å². The van der Waals surface area contributed by atoms with E-state index in [9.17, 15) is 4.79 Å². The summed E-state index contributed by atoms with van der Waals surface area (Å²) in [5.74, 6) is -0.144. The summed E-state index contributed by atoms with van der Waals surface area (Å²) in [4.78, 5) is 12.1. The Morgan fingerprint density at radius 3 is 2.61 bits per heavy atom. The maximum absolute atomic E-state index is 12.1. The fourth-order valence-electron chi connectivity index (χ4n) is 1.68. The molecule has 0 aliphatic carbocycles. The Hall–Kier alpha value is -1.56. The summed E-state index contributed by atoms with van der Waals surface area (Å²) in [6.45, 7) is 1.92. The molecule has 0 spiro atoms. The van der Waals surface area contributed by atoms with Crippen LogP contribution in [0.25, 0.3) is 0 Å². The van der Waals surface area contributed by atoms with Gasteiger partial charge in [0.2, 0.25) is 0 Å². The number of carbonyl (C=O) groups is 1. The molecule has 0 unspecified atom stereocenters. The van der Waals surface area contributed by atoms with Crippen molar-refractivity contribution in [1.82, 2.24) is 0 Å². The molecule has 2 aromatic carbocycles. The average Bonchev–Trinajstić information content (AvgIpc) is 2.34. The van der Waals surface area contributed by atoms with Crippen molar-refractivity contribution in [1.29, 1.82) is 0 Å². The van der Waals surface area contributed by atoms with E-state index in [0.717, 1.165) is 9.13 Å². The van der Waals surface area contributed by atoms with Gasteiger partial charge >= 0.3 is 0 Å². The SMILES string of the molecule is Cc1cccc(N)c1NC(=O)c1cccc(I)c1. The maximum Gasteiger partial charge on any atom is 0.255 e. The van der Waals surface area contributed by atoms with Gasteiger partial charge < -0.3 is 11.1 Å². The molecular formula is C14H13IN2O. The Morgan fingerprint density at radius 2 is 1.94 bits per heavy atom. The normalized spacial score (nSPS) is 10.1. The number of anilines is 2. The van der Waals surface area contributed by atoms with Crippen LogP contribution >= 0.6 is 22.6 Å². The van der Waals surface area contributed by atoms with Crippen LogP contribution in [-0.4, -0.2) is 5.91 Å². The van der Waals surface area contributed by atoms with Crippen molar-refractivity contribution in [2.75, 3.05) is 11.1 Å². The van der Waals surface area contributed by atoms with E-state index < -0.39 is 0 Å². The molecule has 0 fully saturated rings. The first kappa shape index (κ1) is 12.9. The topological polar surface area (TPSA) is 55.1 Å². The molecule has 4 heteroatoms. The van der Waals surface area contributed by atoms with Crippen molar-refractivity contribution in [2.45, 2.75) is 6.92 Å². The van der Waals surface area contributed by atoms with Crippen LogP contribution in [-0.2, 0) is 0 Å². The van der Waals surface area contributed by atoms with Gasteiger partial charge in [0.15, 0.2) is 0 Å². The fraction of sp³-hybridized carbons (Fsp3) is 0.0714. The van der Waals surface area contributed by atoms with Crippen molar-refractivity contribution in [3.63, 3.8) is 0 Å². The minimum absolute atomic E-state index is 0.144. The third-order valence-corrected chi connectivity index (χ3v) is 3.30. The summed E-state index contributed by atoms with van der Waals surface area (Å²) < 4.78 is 1.03. The van der Waals surface area contributed by atoms with Gasteiger partial charge in [0.25, 0.3) is 5.91 Å². The summed E-state index contributed by atoms with van der Waals surface area (Å²) in [6.07, 6.45) is 0. The first-order valence-corrected chi connectivity index (χ1v) is 6.58. The quantitative estimate of drug-likeness (QED) is 0.643. The average molecular weight is 352 g/mol. The van der Waals surface area contributed by atoms with E-state index in [1.807, 2.05) is 37.3 Å². The second kappa shape index (κ2) is 5.39. The molecule has 2 aromatic rings. The van der Waals surface area contributed by atoms with Crippen LogP contribution in [0.5, 0.6) is 0 Å². The van der Waals surface area contributed by atoms with Gasteiger partial charge in [0.1, 0.15) is 0 Å². The Kier molecular flexibility index (Phi) is 3.86. The molecule has 3 N–H and O–H groups in total. The first-order chi connectivity index (χ1) is 8.58. The molecule has 0 aliphatic heterocycles. The van der Waals surface area contributed by atoms with Crippen LogP contribution < -0.4 is 11.1 Å². The second-order valence-corrected chi connectivity index (χ2v) is 5.25. The van der Waals surface area contributed by atoms with Crippen LogP contribution in [0.15, 0.2) is 42.5 Å². The standard InChI is InChI=1S/C14H13IN2O/c1-9-4-2-7-12(16)13(9)17-14(18)10-5-3-6-11(15)8-10/h2-8H,16H2,1H3,(H,17,18). The lowest BCUT2D eigenvalue weighted by molar-refractivity contribution is 0.102. The number of nitrogen functional groups attached to an aromatic ring is 1. The van der Waals surface area contributed by atoms with Gasteiger partial charge in [-0.25, -0.2) is 0 Å². The Morgan fingerprint density at radius 1 is 1.22 bits per heavy atom. The van der Waals surface area contributed by atoms with E-state index in [2.05, 4.69) is 27.9 Å². The molecular weight excluding hydrogens is 339 g/mol. The van der Waals surface area contributed by atoms with E-state index in [1.54, 1.807) is 12.1 Å². The van der Waals surface area contributed by atoms with Crippen molar-refractivity contribution in [3.05, 3.63) is 57.2 Å². The number of nitrogens with one attached hydrogen (secondary N) is 1. The van der Waals surface area contributed by atoms with Gasteiger partial charge in [0.05, 0.1) is 11.4 Å². The smallest absolute Gasteiger partial charge is 0.255 e. The number of amides is 1. The zero-order chi connectivity index (χ0) is 13.1. The summed E-state index contributed by atoms with van der Waals surface area (Å²) in [5.41, 5.74) is 8.70. The second-order valence-electron chi connectivity index (χ2n) is 4.00. The zero-order valence-corrected chi connectivity index (χ0v) is 12.1. The highest BCUT2D eigenvalue weighted by atomic mass is 127. The van der Waals surface area contributed by atoms with Crippen molar-refractivity contribution < 1.29 is 4.79 Å². The molecule has 92 valence electrons. The van der Waals surface area contributed by atoms with E-state index in [-0.39, 0.29) is 5.91 Å². The fourth-order valence-corrected chi connectivity index (χ4v) is 2.22. The van der Waals surface area contributed by atoms with Gasteiger partial charge in [-0.15, -0.1) is 0 Å². The number of halogens is 1. The molecule has 0 aliphatic rings. The Labute approximate surface area is 120 Å². The van der Waals surface area contributed by atoms with Gasteiger partial charge in [-0.2, -0.15) is 0 Å². The molecule has 0 heterocycles. The molecule has 0 aromatic heterocycles. The predicted octanol–water partition coefficient (Wildman–Crippen LogP) is 3.43. The predicted molar refractivity (Wildman–Crippen MR) is 82.7 cm³/mol. The first-order valence-electron chi connectivity index (χ1n) is 5.50. The highest BCUT2D eigenvalue weighted by Crippen LogP contribution is 2.23. The number of nitrogens with two attached hydrogens (primary N) is 1. The number of carbonyl (C=O) groups excluding carboxylic acids is 1. The third kappa shape index (κ3) is 2.81. The Balaban J connectivity index is 2.27. The lowest BCUT2D eigenvalue weighted by Gasteiger charge is -2.11. The summed E-state index contributed by atoms with van der Waals surface area (Å²) in [5, 5.41) is 2.85. The van der Waals surface area contributed by atoms with E-state index in [1.165, 1.54) is 0 Å². The van der Waals surface area contributed by atoms with Gasteiger partial charge in [-0.3, -0.25) is 4.79 Å². The number of hydrogen-bond acceptors (Lipinski definition) is 2. The molecule has 0 saturated carbocycles. The van der Waals surface area contributed by atoms with Crippen LogP contribution in [0.1, 0.15) is 15.9 Å².